The van der Waals surface area contributed by atoms with Crippen LogP contribution in [0.4, 0.5) is 0 Å². The molecule has 2 aliphatic rings. The maximum absolute atomic E-state index is 4.29. The standard InChI is InChI=1S/C7H2I4N2/c8-2-3(9)5(11)7-6(4(2)10)12-1-13-7/h1,4H. The molecule has 6 heteroatoms. The van der Waals surface area contributed by atoms with Crippen molar-refractivity contribution in [2.75, 3.05) is 0 Å². The number of halogens is 4. The molecule has 2 rings (SSSR count). The summed E-state index contributed by atoms with van der Waals surface area (Å²) >= 11 is 9.51. The fourth-order valence-corrected chi connectivity index (χ4v) is 4.79. The predicted octanol–water partition coefficient (Wildman–Crippen LogP) is 4.01. The molecule has 0 fully saturated rings. The summed E-state index contributed by atoms with van der Waals surface area (Å²) in [6.45, 7) is 0. The van der Waals surface area contributed by atoms with E-state index < -0.39 is 0 Å². The first kappa shape index (κ1) is 11.2. The van der Waals surface area contributed by atoms with Gasteiger partial charge < -0.3 is 0 Å². The SMILES string of the molecule is IC1=C2N=CN=C2C(I)C(I)=C1I. The van der Waals surface area contributed by atoms with Crippen molar-refractivity contribution in [3.8, 4) is 0 Å². The Morgan fingerprint density at radius 3 is 2.54 bits per heavy atom. The summed E-state index contributed by atoms with van der Waals surface area (Å²) in [5.41, 5.74) is 2.17. The Labute approximate surface area is 130 Å². The average molecular weight is 622 g/mol. The van der Waals surface area contributed by atoms with Gasteiger partial charge in [0.2, 0.25) is 0 Å². The van der Waals surface area contributed by atoms with Crippen molar-refractivity contribution >= 4 is 102 Å². The lowest BCUT2D eigenvalue weighted by Gasteiger charge is -2.19. The molecular weight excluding hydrogens is 620 g/mol. The number of hydrogen-bond acceptors (Lipinski definition) is 2. The third-order valence-electron chi connectivity index (χ3n) is 1.70. The molecule has 0 saturated heterocycles. The smallest absolute Gasteiger partial charge is 0.116 e. The first-order chi connectivity index (χ1) is 6.13. The third-order valence-corrected chi connectivity index (χ3v) is 9.50. The Bertz CT molecular complexity index is 389. The van der Waals surface area contributed by atoms with Gasteiger partial charge in [0.05, 0.1) is 13.2 Å². The van der Waals surface area contributed by atoms with Gasteiger partial charge in [0.25, 0.3) is 0 Å². The third kappa shape index (κ3) is 1.88. The number of rotatable bonds is 0. The van der Waals surface area contributed by atoms with E-state index in [0.717, 1.165) is 11.4 Å². The Morgan fingerprint density at radius 1 is 1.15 bits per heavy atom. The highest BCUT2D eigenvalue weighted by atomic mass is 127. The molecule has 0 radical (unpaired) electrons. The van der Waals surface area contributed by atoms with Crippen LogP contribution in [0.1, 0.15) is 0 Å². The molecule has 0 bridgehead atoms. The Morgan fingerprint density at radius 2 is 1.85 bits per heavy atom. The molecule has 1 heterocycles. The average Bonchev–Trinajstić information content (AvgIpc) is 2.59. The van der Waals surface area contributed by atoms with Crippen molar-refractivity contribution < 1.29 is 0 Å². The summed E-state index contributed by atoms with van der Waals surface area (Å²) in [6, 6.07) is 0. The quantitative estimate of drug-likeness (QED) is 0.289. The minimum atomic E-state index is 0.376. The number of aliphatic imine (C=N–C) groups is 2. The van der Waals surface area contributed by atoms with Crippen LogP contribution in [0.3, 0.4) is 0 Å². The first-order valence-corrected chi connectivity index (χ1v) is 7.81. The van der Waals surface area contributed by atoms with Crippen LogP contribution in [-0.4, -0.2) is 16.0 Å². The van der Waals surface area contributed by atoms with Crippen molar-refractivity contribution in [1.82, 2.24) is 0 Å². The van der Waals surface area contributed by atoms with Crippen LogP contribution in [0.2, 0.25) is 0 Å². The number of fused-ring (bicyclic) bond motifs is 1. The lowest BCUT2D eigenvalue weighted by Crippen LogP contribution is -2.19. The highest BCUT2D eigenvalue weighted by molar-refractivity contribution is 14.1. The van der Waals surface area contributed by atoms with Gasteiger partial charge in [-0.05, 0) is 67.8 Å². The Balaban J connectivity index is 2.62. The normalized spacial score (nSPS) is 26.8. The van der Waals surface area contributed by atoms with E-state index in [2.05, 4.69) is 100 Å². The largest absolute Gasteiger partial charge is 0.238 e. The van der Waals surface area contributed by atoms with Gasteiger partial charge in [0.1, 0.15) is 12.0 Å². The van der Waals surface area contributed by atoms with Crippen molar-refractivity contribution in [2.45, 2.75) is 3.92 Å². The van der Waals surface area contributed by atoms with E-state index >= 15 is 0 Å². The van der Waals surface area contributed by atoms with Gasteiger partial charge in [-0.25, -0.2) is 9.98 Å². The minimum Gasteiger partial charge on any atom is -0.238 e. The lowest BCUT2D eigenvalue weighted by molar-refractivity contribution is 1.39. The molecule has 1 atom stereocenters. The number of alkyl halides is 1. The van der Waals surface area contributed by atoms with Gasteiger partial charge in [-0.2, -0.15) is 0 Å². The molecule has 2 nitrogen and oxygen atoms in total. The van der Waals surface area contributed by atoms with E-state index in [-0.39, 0.29) is 0 Å². The van der Waals surface area contributed by atoms with Crippen LogP contribution in [0.5, 0.6) is 0 Å². The molecule has 0 amide bonds. The molecule has 1 unspecified atom stereocenters. The van der Waals surface area contributed by atoms with E-state index in [4.69, 9.17) is 0 Å². The van der Waals surface area contributed by atoms with Gasteiger partial charge in [0, 0.05) is 7.16 Å². The fourth-order valence-electron chi connectivity index (χ4n) is 1.07. The zero-order valence-electron chi connectivity index (χ0n) is 6.06. The van der Waals surface area contributed by atoms with Gasteiger partial charge in [-0.15, -0.1) is 0 Å². The lowest BCUT2D eigenvalue weighted by atomic mass is 10.1. The molecule has 1 aliphatic heterocycles. The molecule has 0 spiro atoms. The molecule has 0 aromatic heterocycles. The monoisotopic (exact) mass is 622 g/mol. The highest BCUT2D eigenvalue weighted by Gasteiger charge is 2.31. The van der Waals surface area contributed by atoms with Crippen LogP contribution >= 0.6 is 90.4 Å². The van der Waals surface area contributed by atoms with Gasteiger partial charge in [-0.1, -0.05) is 22.6 Å². The van der Waals surface area contributed by atoms with Gasteiger partial charge in [0.15, 0.2) is 0 Å². The zero-order valence-corrected chi connectivity index (χ0v) is 14.7. The number of hydrogen-bond donors (Lipinski definition) is 0. The van der Waals surface area contributed by atoms with E-state index in [1.807, 2.05) is 0 Å². The molecule has 0 saturated carbocycles. The Kier molecular flexibility index (Phi) is 3.73. The second kappa shape index (κ2) is 4.31. The molecule has 0 N–H and O–H groups in total. The topological polar surface area (TPSA) is 24.7 Å². The summed E-state index contributed by atoms with van der Waals surface area (Å²) in [4.78, 5) is 8.56. The van der Waals surface area contributed by atoms with E-state index in [1.54, 1.807) is 6.34 Å². The van der Waals surface area contributed by atoms with Crippen molar-refractivity contribution in [2.24, 2.45) is 9.98 Å². The predicted molar refractivity (Wildman–Crippen MR) is 89.8 cm³/mol. The molecule has 0 aromatic rings. The number of allylic oxidation sites excluding steroid dienone is 4. The summed E-state index contributed by atoms with van der Waals surface area (Å²) in [5.74, 6) is 0. The van der Waals surface area contributed by atoms with Crippen molar-refractivity contribution in [3.05, 3.63) is 16.4 Å². The van der Waals surface area contributed by atoms with Crippen molar-refractivity contribution in [3.63, 3.8) is 0 Å². The summed E-state index contributed by atoms with van der Waals surface area (Å²) in [7, 11) is 0. The first-order valence-electron chi connectivity index (χ1n) is 3.33. The molecule has 68 valence electrons. The zero-order chi connectivity index (χ0) is 9.59. The maximum Gasteiger partial charge on any atom is 0.116 e. The molecule has 13 heavy (non-hydrogen) atoms. The minimum absolute atomic E-state index is 0.376. The molecule has 0 aromatic carbocycles. The van der Waals surface area contributed by atoms with Crippen LogP contribution in [0.25, 0.3) is 0 Å². The summed E-state index contributed by atoms with van der Waals surface area (Å²) in [5, 5.41) is 0. The van der Waals surface area contributed by atoms with Crippen LogP contribution in [-0.2, 0) is 0 Å². The van der Waals surface area contributed by atoms with Crippen LogP contribution in [0, 0.1) is 0 Å². The van der Waals surface area contributed by atoms with Crippen LogP contribution < -0.4 is 0 Å². The second-order valence-electron chi connectivity index (χ2n) is 2.45. The van der Waals surface area contributed by atoms with Crippen molar-refractivity contribution in [1.29, 1.82) is 0 Å². The molecule has 1 aliphatic carbocycles. The highest BCUT2D eigenvalue weighted by Crippen LogP contribution is 2.43. The number of nitrogens with zero attached hydrogens (tertiary/aromatic N) is 2. The molecular formula is C7H2I4N2. The maximum atomic E-state index is 4.29. The van der Waals surface area contributed by atoms with Gasteiger partial charge in [-0.3, -0.25) is 0 Å². The fraction of sp³-hybridized carbons (Fsp3) is 0.143. The summed E-state index contributed by atoms with van der Waals surface area (Å²) in [6.07, 6.45) is 1.65. The van der Waals surface area contributed by atoms with E-state index in [0.29, 0.717) is 3.92 Å². The Hall–Kier alpha value is 1.74. The van der Waals surface area contributed by atoms with Crippen LogP contribution in [0.15, 0.2) is 26.4 Å². The van der Waals surface area contributed by atoms with Gasteiger partial charge >= 0.3 is 0 Å². The van der Waals surface area contributed by atoms with E-state index in [9.17, 15) is 0 Å². The van der Waals surface area contributed by atoms with E-state index in [1.165, 1.54) is 10.7 Å². The summed E-state index contributed by atoms with van der Waals surface area (Å²) < 4.78 is 4.27. The second-order valence-corrected chi connectivity index (χ2v) is 7.01.